The maximum atomic E-state index is 12.6. The lowest BCUT2D eigenvalue weighted by Gasteiger charge is -2.20. The fourth-order valence-electron chi connectivity index (χ4n) is 2.52. The van der Waals surface area contributed by atoms with E-state index in [9.17, 15) is 4.79 Å². The van der Waals surface area contributed by atoms with E-state index >= 15 is 0 Å². The van der Waals surface area contributed by atoms with E-state index in [4.69, 9.17) is 5.73 Å². The third kappa shape index (κ3) is 4.51. The Morgan fingerprint density at radius 1 is 1.10 bits per heavy atom. The zero-order chi connectivity index (χ0) is 15.2. The summed E-state index contributed by atoms with van der Waals surface area (Å²) >= 11 is 3.41. The zero-order valence-corrected chi connectivity index (χ0v) is 13.7. The average molecular weight is 346 g/mol. The molecule has 0 aliphatic carbocycles. The molecule has 0 bridgehead atoms. The van der Waals surface area contributed by atoms with Gasteiger partial charge in [-0.05, 0) is 36.6 Å². The number of nitrogens with two attached hydrogens (primary N) is 1. The van der Waals surface area contributed by atoms with Crippen LogP contribution in [-0.2, 0) is 11.2 Å². The van der Waals surface area contributed by atoms with Gasteiger partial charge in [0.25, 0.3) is 0 Å². The molecule has 2 N–H and O–H groups in total. The summed E-state index contributed by atoms with van der Waals surface area (Å²) in [6.07, 6.45) is 1.28. The Kier molecular flexibility index (Phi) is 5.71. The van der Waals surface area contributed by atoms with Crippen LogP contribution in [0.3, 0.4) is 0 Å². The number of benzene rings is 2. The molecule has 110 valence electrons. The third-order valence-corrected chi connectivity index (χ3v) is 4.13. The highest BCUT2D eigenvalue weighted by Gasteiger charge is 2.23. The summed E-state index contributed by atoms with van der Waals surface area (Å²) in [7, 11) is 0. The second kappa shape index (κ2) is 7.53. The first kappa shape index (κ1) is 15.9. The summed E-state index contributed by atoms with van der Waals surface area (Å²) in [6.45, 7) is 1.90. The Labute approximate surface area is 134 Å². The molecule has 2 nitrogen and oxygen atoms in total. The molecular formula is C18H20BrNO. The van der Waals surface area contributed by atoms with E-state index in [1.54, 1.807) is 0 Å². The SMILES string of the molecule is CC(N)C(C(=O)CCc1ccccc1)c1ccc(Br)cc1. The third-order valence-electron chi connectivity index (χ3n) is 3.60. The van der Waals surface area contributed by atoms with Crippen molar-refractivity contribution in [2.45, 2.75) is 31.7 Å². The van der Waals surface area contributed by atoms with Crippen molar-refractivity contribution in [3.8, 4) is 0 Å². The fourth-order valence-corrected chi connectivity index (χ4v) is 2.78. The van der Waals surface area contributed by atoms with Gasteiger partial charge in [0, 0.05) is 16.9 Å². The molecule has 2 aromatic rings. The molecule has 0 amide bonds. The van der Waals surface area contributed by atoms with Crippen molar-refractivity contribution in [3.63, 3.8) is 0 Å². The molecular weight excluding hydrogens is 326 g/mol. The summed E-state index contributed by atoms with van der Waals surface area (Å²) in [5.41, 5.74) is 8.22. The van der Waals surface area contributed by atoms with Crippen LogP contribution in [0.2, 0.25) is 0 Å². The van der Waals surface area contributed by atoms with E-state index in [2.05, 4.69) is 15.9 Å². The first-order chi connectivity index (χ1) is 10.1. The monoisotopic (exact) mass is 345 g/mol. The van der Waals surface area contributed by atoms with Crippen molar-refractivity contribution >= 4 is 21.7 Å². The van der Waals surface area contributed by atoms with Crippen LogP contribution in [0.15, 0.2) is 59.1 Å². The topological polar surface area (TPSA) is 43.1 Å². The van der Waals surface area contributed by atoms with Crippen molar-refractivity contribution < 1.29 is 4.79 Å². The Balaban J connectivity index is 2.07. The number of hydrogen-bond acceptors (Lipinski definition) is 2. The molecule has 2 rings (SSSR count). The minimum atomic E-state index is -0.234. The van der Waals surface area contributed by atoms with Gasteiger partial charge in [0.2, 0.25) is 0 Å². The lowest BCUT2D eigenvalue weighted by atomic mass is 9.86. The number of Topliss-reactive ketones (excluding diaryl/α,β-unsaturated/α-hetero) is 1. The molecule has 2 atom stereocenters. The van der Waals surface area contributed by atoms with Gasteiger partial charge in [0.15, 0.2) is 0 Å². The minimum Gasteiger partial charge on any atom is -0.327 e. The summed E-state index contributed by atoms with van der Waals surface area (Å²) in [6, 6.07) is 17.7. The molecule has 2 aromatic carbocycles. The van der Waals surface area contributed by atoms with Crippen molar-refractivity contribution in [1.82, 2.24) is 0 Å². The van der Waals surface area contributed by atoms with Gasteiger partial charge in [-0.2, -0.15) is 0 Å². The molecule has 0 saturated carbocycles. The number of ketones is 1. The zero-order valence-electron chi connectivity index (χ0n) is 12.1. The van der Waals surface area contributed by atoms with Gasteiger partial charge in [-0.1, -0.05) is 58.4 Å². The van der Waals surface area contributed by atoms with Crippen LogP contribution < -0.4 is 5.73 Å². The van der Waals surface area contributed by atoms with Gasteiger partial charge in [-0.3, -0.25) is 4.79 Å². The standard InChI is InChI=1S/C18H20BrNO/c1-13(20)18(15-8-10-16(19)11-9-15)17(21)12-7-14-5-3-2-4-6-14/h2-6,8-11,13,18H,7,12,20H2,1H3. The van der Waals surface area contributed by atoms with Crippen molar-refractivity contribution in [2.75, 3.05) is 0 Å². The van der Waals surface area contributed by atoms with Crippen molar-refractivity contribution in [2.24, 2.45) is 5.73 Å². The Morgan fingerprint density at radius 3 is 2.29 bits per heavy atom. The van der Waals surface area contributed by atoms with Gasteiger partial charge < -0.3 is 5.73 Å². The smallest absolute Gasteiger partial charge is 0.142 e. The summed E-state index contributed by atoms with van der Waals surface area (Å²) in [4.78, 5) is 12.6. The van der Waals surface area contributed by atoms with Crippen LogP contribution in [-0.4, -0.2) is 11.8 Å². The van der Waals surface area contributed by atoms with E-state index < -0.39 is 0 Å². The van der Waals surface area contributed by atoms with E-state index in [0.29, 0.717) is 6.42 Å². The van der Waals surface area contributed by atoms with Crippen LogP contribution in [0.5, 0.6) is 0 Å². The van der Waals surface area contributed by atoms with Crippen LogP contribution >= 0.6 is 15.9 Å². The Hall–Kier alpha value is -1.45. The molecule has 0 aliphatic rings. The number of carbonyl (C=O) groups is 1. The first-order valence-electron chi connectivity index (χ1n) is 7.15. The van der Waals surface area contributed by atoms with E-state index in [0.717, 1.165) is 16.5 Å². The molecule has 3 heteroatoms. The van der Waals surface area contributed by atoms with E-state index in [1.165, 1.54) is 5.56 Å². The average Bonchev–Trinajstić information content (AvgIpc) is 2.48. The van der Waals surface area contributed by atoms with Gasteiger partial charge in [0.1, 0.15) is 5.78 Å². The second-order valence-electron chi connectivity index (χ2n) is 5.34. The maximum absolute atomic E-state index is 12.6. The number of rotatable bonds is 6. The van der Waals surface area contributed by atoms with Gasteiger partial charge in [-0.25, -0.2) is 0 Å². The highest BCUT2D eigenvalue weighted by Crippen LogP contribution is 2.24. The molecule has 0 spiro atoms. The molecule has 0 aromatic heterocycles. The van der Waals surface area contributed by atoms with Crippen LogP contribution in [0, 0.1) is 0 Å². The second-order valence-corrected chi connectivity index (χ2v) is 6.26. The van der Waals surface area contributed by atoms with E-state index in [1.807, 2.05) is 61.5 Å². The first-order valence-corrected chi connectivity index (χ1v) is 7.95. The summed E-state index contributed by atoms with van der Waals surface area (Å²) < 4.78 is 1.01. The molecule has 0 aliphatic heterocycles. The van der Waals surface area contributed by atoms with Crippen molar-refractivity contribution in [1.29, 1.82) is 0 Å². The quantitative estimate of drug-likeness (QED) is 0.856. The highest BCUT2D eigenvalue weighted by molar-refractivity contribution is 9.10. The highest BCUT2D eigenvalue weighted by atomic mass is 79.9. The van der Waals surface area contributed by atoms with Gasteiger partial charge >= 0.3 is 0 Å². The van der Waals surface area contributed by atoms with E-state index in [-0.39, 0.29) is 17.7 Å². The lowest BCUT2D eigenvalue weighted by molar-refractivity contribution is -0.120. The Bertz CT molecular complexity index is 578. The molecule has 0 heterocycles. The number of aryl methyl sites for hydroxylation is 1. The number of hydrogen-bond donors (Lipinski definition) is 1. The largest absolute Gasteiger partial charge is 0.327 e. The number of halogens is 1. The van der Waals surface area contributed by atoms with Crippen molar-refractivity contribution in [3.05, 3.63) is 70.2 Å². The molecule has 0 saturated heterocycles. The van der Waals surface area contributed by atoms with Gasteiger partial charge in [-0.15, -0.1) is 0 Å². The van der Waals surface area contributed by atoms with Crippen LogP contribution in [0.4, 0.5) is 0 Å². The summed E-state index contributed by atoms with van der Waals surface area (Å²) in [5, 5.41) is 0. The molecule has 21 heavy (non-hydrogen) atoms. The molecule has 2 unspecified atom stereocenters. The Morgan fingerprint density at radius 2 is 1.71 bits per heavy atom. The maximum Gasteiger partial charge on any atom is 0.142 e. The minimum absolute atomic E-state index is 0.186. The fraction of sp³-hybridized carbons (Fsp3) is 0.278. The predicted molar refractivity (Wildman–Crippen MR) is 90.3 cm³/mol. The molecule has 0 radical (unpaired) electrons. The lowest BCUT2D eigenvalue weighted by Crippen LogP contribution is -2.31. The predicted octanol–water partition coefficient (Wildman–Crippen LogP) is 4.08. The molecule has 0 fully saturated rings. The number of carbonyl (C=O) groups excluding carboxylic acids is 1. The summed E-state index contributed by atoms with van der Waals surface area (Å²) in [5.74, 6) is -0.0296. The normalized spacial score (nSPS) is 13.7. The van der Waals surface area contributed by atoms with Crippen LogP contribution in [0.25, 0.3) is 0 Å². The van der Waals surface area contributed by atoms with Crippen LogP contribution in [0.1, 0.15) is 30.4 Å². The van der Waals surface area contributed by atoms with Gasteiger partial charge in [0.05, 0.1) is 5.92 Å².